The number of benzene rings is 2. The second kappa shape index (κ2) is 8.27. The monoisotopic (exact) mass is 385 g/mol. The lowest BCUT2D eigenvalue weighted by Crippen LogP contribution is -2.37. The molecule has 5 nitrogen and oxygen atoms in total. The summed E-state index contributed by atoms with van der Waals surface area (Å²) in [6.45, 7) is 2.07. The van der Waals surface area contributed by atoms with Crippen LogP contribution in [0.15, 0.2) is 53.0 Å². The first-order valence-electron chi connectivity index (χ1n) is 7.34. The SMILES string of the molecule is CC(=O)N(CCNC(=O)c1ccccc1Br)c1cccc(C#N)c1. The zero-order valence-electron chi connectivity index (χ0n) is 13.1. The largest absolute Gasteiger partial charge is 0.350 e. The average Bonchev–Trinajstić information content (AvgIpc) is 2.58. The van der Waals surface area contributed by atoms with E-state index in [2.05, 4.69) is 27.3 Å². The van der Waals surface area contributed by atoms with Crippen molar-refractivity contribution in [3.8, 4) is 6.07 Å². The second-order valence-corrected chi connectivity index (χ2v) is 5.92. The van der Waals surface area contributed by atoms with Gasteiger partial charge < -0.3 is 10.2 Å². The topological polar surface area (TPSA) is 73.2 Å². The number of carbonyl (C=O) groups is 2. The van der Waals surface area contributed by atoms with Crippen molar-refractivity contribution in [2.45, 2.75) is 6.92 Å². The minimum atomic E-state index is -0.211. The highest BCUT2D eigenvalue weighted by Gasteiger charge is 2.13. The molecule has 0 aliphatic heterocycles. The number of hydrogen-bond acceptors (Lipinski definition) is 3. The summed E-state index contributed by atoms with van der Waals surface area (Å²) in [6.07, 6.45) is 0. The normalized spacial score (nSPS) is 9.88. The number of nitriles is 1. The summed E-state index contributed by atoms with van der Waals surface area (Å²) in [4.78, 5) is 25.6. The van der Waals surface area contributed by atoms with E-state index in [4.69, 9.17) is 5.26 Å². The molecule has 0 unspecified atom stereocenters. The van der Waals surface area contributed by atoms with Crippen molar-refractivity contribution in [3.63, 3.8) is 0 Å². The van der Waals surface area contributed by atoms with Gasteiger partial charge in [0.2, 0.25) is 5.91 Å². The summed E-state index contributed by atoms with van der Waals surface area (Å²) < 4.78 is 0.715. The lowest BCUT2D eigenvalue weighted by molar-refractivity contribution is -0.116. The molecular formula is C18H16BrN3O2. The molecule has 122 valence electrons. The van der Waals surface area contributed by atoms with Gasteiger partial charge in [0, 0.05) is 30.2 Å². The molecule has 0 aliphatic carbocycles. The third-order valence-corrected chi connectivity index (χ3v) is 4.10. The fourth-order valence-corrected chi connectivity index (χ4v) is 2.70. The molecule has 0 heterocycles. The molecule has 2 amide bonds. The molecule has 0 bridgehead atoms. The Labute approximate surface area is 149 Å². The number of anilines is 1. The Morgan fingerprint density at radius 2 is 1.96 bits per heavy atom. The van der Waals surface area contributed by atoms with Gasteiger partial charge in [-0.15, -0.1) is 0 Å². The number of hydrogen-bond donors (Lipinski definition) is 1. The standard InChI is InChI=1S/C18H16BrN3O2/c1-13(23)22(15-6-4-5-14(11-15)12-20)10-9-21-18(24)16-7-2-3-8-17(16)19/h2-8,11H,9-10H2,1H3,(H,21,24). The zero-order chi connectivity index (χ0) is 17.5. The highest BCUT2D eigenvalue weighted by Crippen LogP contribution is 2.17. The zero-order valence-corrected chi connectivity index (χ0v) is 14.7. The van der Waals surface area contributed by atoms with Gasteiger partial charge >= 0.3 is 0 Å². The summed E-state index contributed by atoms with van der Waals surface area (Å²) >= 11 is 3.34. The van der Waals surface area contributed by atoms with Gasteiger partial charge in [0.25, 0.3) is 5.91 Å². The van der Waals surface area contributed by atoms with Crippen LogP contribution in [0.25, 0.3) is 0 Å². The van der Waals surface area contributed by atoms with Gasteiger partial charge in [-0.2, -0.15) is 5.26 Å². The summed E-state index contributed by atoms with van der Waals surface area (Å²) in [6, 6.07) is 16.0. The third-order valence-electron chi connectivity index (χ3n) is 3.41. The van der Waals surface area contributed by atoms with E-state index < -0.39 is 0 Å². The predicted octanol–water partition coefficient (Wildman–Crippen LogP) is 3.10. The molecule has 24 heavy (non-hydrogen) atoms. The van der Waals surface area contributed by atoms with Gasteiger partial charge in [0.05, 0.1) is 17.2 Å². The summed E-state index contributed by atoms with van der Waals surface area (Å²) in [5.41, 5.74) is 1.66. The van der Waals surface area contributed by atoms with Crippen molar-refractivity contribution in [2.75, 3.05) is 18.0 Å². The van der Waals surface area contributed by atoms with Crippen molar-refractivity contribution in [1.82, 2.24) is 5.32 Å². The third kappa shape index (κ3) is 4.43. The lowest BCUT2D eigenvalue weighted by Gasteiger charge is -2.21. The van der Waals surface area contributed by atoms with Crippen LogP contribution in [0.3, 0.4) is 0 Å². The first-order chi connectivity index (χ1) is 11.5. The first kappa shape index (κ1) is 17.7. The van der Waals surface area contributed by atoms with Crippen LogP contribution in [0.2, 0.25) is 0 Å². The van der Waals surface area contributed by atoms with Crippen LogP contribution >= 0.6 is 15.9 Å². The van der Waals surface area contributed by atoms with Crippen molar-refractivity contribution >= 4 is 33.4 Å². The average molecular weight is 386 g/mol. The maximum absolute atomic E-state index is 12.2. The Bertz CT molecular complexity index is 799. The van der Waals surface area contributed by atoms with Crippen LogP contribution in [-0.4, -0.2) is 24.9 Å². The van der Waals surface area contributed by atoms with Gasteiger partial charge in [0.15, 0.2) is 0 Å². The molecule has 0 atom stereocenters. The molecular weight excluding hydrogens is 370 g/mol. The molecule has 0 aliphatic rings. The van der Waals surface area contributed by atoms with Crippen molar-refractivity contribution in [2.24, 2.45) is 0 Å². The van der Waals surface area contributed by atoms with E-state index in [-0.39, 0.29) is 11.8 Å². The number of rotatable bonds is 5. The number of halogens is 1. The van der Waals surface area contributed by atoms with Gasteiger partial charge in [-0.3, -0.25) is 9.59 Å². The van der Waals surface area contributed by atoms with E-state index in [0.29, 0.717) is 34.4 Å². The fraction of sp³-hybridized carbons (Fsp3) is 0.167. The number of nitrogens with one attached hydrogen (secondary N) is 1. The quantitative estimate of drug-likeness (QED) is 0.858. The molecule has 6 heteroatoms. The van der Waals surface area contributed by atoms with Crippen LogP contribution in [-0.2, 0) is 4.79 Å². The fourth-order valence-electron chi connectivity index (χ4n) is 2.23. The van der Waals surface area contributed by atoms with Crippen LogP contribution in [0.4, 0.5) is 5.69 Å². The van der Waals surface area contributed by atoms with Crippen LogP contribution in [0.5, 0.6) is 0 Å². The van der Waals surface area contributed by atoms with E-state index >= 15 is 0 Å². The number of amides is 2. The molecule has 2 aromatic carbocycles. The highest BCUT2D eigenvalue weighted by molar-refractivity contribution is 9.10. The number of carbonyl (C=O) groups excluding carboxylic acids is 2. The molecule has 0 saturated carbocycles. The van der Waals surface area contributed by atoms with Gasteiger partial charge in [0.1, 0.15) is 0 Å². The Morgan fingerprint density at radius 3 is 2.62 bits per heavy atom. The molecule has 2 rings (SSSR count). The van der Waals surface area contributed by atoms with E-state index in [9.17, 15) is 9.59 Å². The van der Waals surface area contributed by atoms with E-state index in [0.717, 1.165) is 0 Å². The maximum atomic E-state index is 12.2. The molecule has 0 fully saturated rings. The molecule has 0 saturated heterocycles. The molecule has 1 N–H and O–H groups in total. The molecule has 2 aromatic rings. The summed E-state index contributed by atoms with van der Waals surface area (Å²) in [7, 11) is 0. The summed E-state index contributed by atoms with van der Waals surface area (Å²) in [5.74, 6) is -0.364. The predicted molar refractivity (Wildman–Crippen MR) is 95.7 cm³/mol. The Balaban J connectivity index is 2.02. The lowest BCUT2D eigenvalue weighted by atomic mass is 10.2. The minimum Gasteiger partial charge on any atom is -0.350 e. The molecule has 0 spiro atoms. The van der Waals surface area contributed by atoms with Gasteiger partial charge in [-0.05, 0) is 46.3 Å². The van der Waals surface area contributed by atoms with Gasteiger partial charge in [-0.25, -0.2) is 0 Å². The summed E-state index contributed by atoms with van der Waals surface area (Å²) in [5, 5.41) is 11.8. The molecule has 0 aromatic heterocycles. The smallest absolute Gasteiger partial charge is 0.252 e. The Morgan fingerprint density at radius 1 is 1.21 bits per heavy atom. The van der Waals surface area contributed by atoms with E-state index in [1.807, 2.05) is 6.07 Å². The van der Waals surface area contributed by atoms with Crippen molar-refractivity contribution in [3.05, 3.63) is 64.1 Å². The van der Waals surface area contributed by atoms with Crippen LogP contribution < -0.4 is 10.2 Å². The van der Waals surface area contributed by atoms with Crippen LogP contribution in [0, 0.1) is 11.3 Å². The van der Waals surface area contributed by atoms with Gasteiger partial charge in [-0.1, -0.05) is 18.2 Å². The molecule has 0 radical (unpaired) electrons. The maximum Gasteiger partial charge on any atom is 0.252 e. The van der Waals surface area contributed by atoms with E-state index in [1.54, 1.807) is 42.5 Å². The Hall–Kier alpha value is -2.65. The number of nitrogens with zero attached hydrogens (tertiary/aromatic N) is 2. The minimum absolute atomic E-state index is 0.153. The first-order valence-corrected chi connectivity index (χ1v) is 8.13. The second-order valence-electron chi connectivity index (χ2n) is 5.07. The Kier molecular flexibility index (Phi) is 6.10. The highest BCUT2D eigenvalue weighted by atomic mass is 79.9. The van der Waals surface area contributed by atoms with Crippen LogP contribution in [0.1, 0.15) is 22.8 Å². The van der Waals surface area contributed by atoms with E-state index in [1.165, 1.54) is 11.8 Å². The van der Waals surface area contributed by atoms with Crippen molar-refractivity contribution in [1.29, 1.82) is 5.26 Å². The van der Waals surface area contributed by atoms with Crippen molar-refractivity contribution < 1.29 is 9.59 Å².